The highest BCUT2D eigenvalue weighted by Gasteiger charge is 2.46. The van der Waals surface area contributed by atoms with Crippen molar-refractivity contribution in [3.05, 3.63) is 133 Å². The second kappa shape index (κ2) is 15.1. The first-order valence-corrected chi connectivity index (χ1v) is 17.0. The van der Waals surface area contributed by atoms with Crippen LogP contribution in [0.25, 0.3) is 16.5 Å². The van der Waals surface area contributed by atoms with Crippen LogP contribution in [-0.2, 0) is 36.4 Å². The number of nitrogens with two attached hydrogens (primary N) is 1. The summed E-state index contributed by atoms with van der Waals surface area (Å²) in [5, 5.41) is 30.1. The topological polar surface area (TPSA) is 180 Å². The molecule has 13 nitrogen and oxygen atoms in total. The van der Waals surface area contributed by atoms with E-state index in [9.17, 15) is 19.6 Å². The van der Waals surface area contributed by atoms with Crippen molar-refractivity contribution in [2.45, 2.75) is 43.6 Å². The number of nitrogens with one attached hydrogen (secondary N) is 1. The molecule has 0 amide bonds. The van der Waals surface area contributed by atoms with Crippen LogP contribution in [-0.4, -0.2) is 61.9 Å². The molecule has 2 heterocycles. The van der Waals surface area contributed by atoms with Crippen LogP contribution < -0.4 is 15.3 Å². The number of benzene rings is 4. The van der Waals surface area contributed by atoms with Gasteiger partial charge >= 0.3 is 13.7 Å². The number of aliphatic hydroxyl groups is 2. The Morgan fingerprint density at radius 3 is 2.35 bits per heavy atom. The van der Waals surface area contributed by atoms with Gasteiger partial charge < -0.3 is 29.9 Å². The smallest absolute Gasteiger partial charge is 0.459 e. The Kier molecular flexibility index (Phi) is 10.5. The number of fused-ring (bicyclic) bond motifs is 1. The molecule has 6 rings (SSSR count). The molecule has 1 aliphatic rings. The molecule has 1 fully saturated rings. The van der Waals surface area contributed by atoms with Gasteiger partial charge in [-0.25, -0.2) is 14.2 Å². The molecule has 1 saturated heterocycles. The zero-order valence-electron chi connectivity index (χ0n) is 26.3. The van der Waals surface area contributed by atoms with Crippen molar-refractivity contribution < 1.29 is 38.1 Å². The van der Waals surface area contributed by atoms with Crippen LogP contribution in [0.3, 0.4) is 0 Å². The summed E-state index contributed by atoms with van der Waals surface area (Å²) in [5.41, 5.74) is 7.32. The van der Waals surface area contributed by atoms with E-state index in [-0.39, 0.29) is 30.3 Å². The van der Waals surface area contributed by atoms with Gasteiger partial charge in [-0.05, 0) is 29.0 Å². The van der Waals surface area contributed by atoms with Crippen LogP contribution >= 0.6 is 7.75 Å². The summed E-state index contributed by atoms with van der Waals surface area (Å²) >= 11 is 0. The highest BCUT2D eigenvalue weighted by atomic mass is 31.2. The standard InChI is InChI=1S/C35H36N5O8P/c1-23(36)33-37-22-40(38-33)34-32(42)31(41)30(47-34)21-46-49(44,48-29-18-10-16-26-15-8-9-17-27(26)29)39-28(19-24-11-4-2-5-12-24)35(43)45-20-25-13-6-3-7-14-25/h2-18,22,28,30-32,34,41-42H,1,19-21,36H2,(H,39,44)/t28-,30+,31+,32+,34+,49?/m0/s1. The van der Waals surface area contributed by atoms with Crippen molar-refractivity contribution in [3.63, 3.8) is 0 Å². The lowest BCUT2D eigenvalue weighted by Gasteiger charge is -2.26. The fraction of sp³-hybridized carbons (Fsp3) is 0.229. The van der Waals surface area contributed by atoms with E-state index in [1.807, 2.05) is 84.9 Å². The second-order valence-corrected chi connectivity index (χ2v) is 13.1. The summed E-state index contributed by atoms with van der Waals surface area (Å²) in [6.07, 6.45) is -3.89. The number of esters is 1. The molecule has 5 N–H and O–H groups in total. The van der Waals surface area contributed by atoms with Crippen LogP contribution in [0, 0.1) is 0 Å². The Balaban J connectivity index is 1.27. The molecule has 0 radical (unpaired) electrons. The van der Waals surface area contributed by atoms with Crippen LogP contribution in [0.5, 0.6) is 5.75 Å². The zero-order chi connectivity index (χ0) is 34.4. The van der Waals surface area contributed by atoms with E-state index in [0.29, 0.717) is 5.39 Å². The largest absolute Gasteiger partial charge is 0.460 e. The van der Waals surface area contributed by atoms with E-state index >= 15 is 0 Å². The molecule has 0 bridgehead atoms. The van der Waals surface area contributed by atoms with Crippen molar-refractivity contribution >= 4 is 30.2 Å². The average Bonchev–Trinajstić information content (AvgIpc) is 3.72. The minimum absolute atomic E-state index is 0.00906. The molecular weight excluding hydrogens is 649 g/mol. The van der Waals surface area contributed by atoms with Crippen molar-refractivity contribution in [3.8, 4) is 5.75 Å². The van der Waals surface area contributed by atoms with E-state index in [4.69, 9.17) is 24.3 Å². The Bertz CT molecular complexity index is 1940. The number of ether oxygens (including phenoxy) is 2. The van der Waals surface area contributed by atoms with E-state index in [1.54, 1.807) is 18.2 Å². The minimum Gasteiger partial charge on any atom is -0.460 e. The number of hydrogen-bond acceptors (Lipinski definition) is 11. The molecule has 14 heteroatoms. The molecule has 1 aliphatic heterocycles. The first-order valence-electron chi connectivity index (χ1n) is 15.5. The molecule has 0 aliphatic carbocycles. The lowest BCUT2D eigenvalue weighted by Crippen LogP contribution is -2.40. The van der Waals surface area contributed by atoms with Crippen LogP contribution in [0.1, 0.15) is 23.2 Å². The minimum atomic E-state index is -4.47. The summed E-state index contributed by atoms with van der Waals surface area (Å²) in [6, 6.07) is 29.8. The number of rotatable bonds is 14. The number of nitrogens with zero attached hydrogens (tertiary/aromatic N) is 3. The van der Waals surface area contributed by atoms with Gasteiger partial charge in [0.25, 0.3) is 0 Å². The Hall–Kier alpha value is -4.88. The molecule has 4 aromatic carbocycles. The predicted octanol–water partition coefficient (Wildman–Crippen LogP) is 4.13. The first-order chi connectivity index (χ1) is 23.7. The maximum Gasteiger partial charge on any atom is 0.459 e. The third kappa shape index (κ3) is 8.23. The SMILES string of the molecule is C=C(N)c1ncn([C@@H]2O[C@H](COP(=O)(N[C@@H](Cc3ccccc3)C(=O)OCc3ccccc3)Oc3cccc4ccccc34)[C@@H](O)[C@H]2O)n1. The Morgan fingerprint density at radius 2 is 1.63 bits per heavy atom. The van der Waals surface area contributed by atoms with E-state index < -0.39 is 50.9 Å². The van der Waals surface area contributed by atoms with E-state index in [1.165, 1.54) is 11.0 Å². The maximum atomic E-state index is 14.8. The average molecular weight is 686 g/mol. The van der Waals surface area contributed by atoms with Gasteiger partial charge in [0.15, 0.2) is 12.1 Å². The third-order valence-electron chi connectivity index (χ3n) is 7.88. The molecule has 0 spiro atoms. The quantitative estimate of drug-likeness (QED) is 0.0972. The van der Waals surface area contributed by atoms with Crippen molar-refractivity contribution in [1.29, 1.82) is 0 Å². The number of aromatic nitrogens is 3. The molecule has 0 saturated carbocycles. The Morgan fingerprint density at radius 1 is 0.959 bits per heavy atom. The molecule has 6 atom stereocenters. The van der Waals surface area contributed by atoms with Crippen molar-refractivity contribution in [2.24, 2.45) is 5.73 Å². The van der Waals surface area contributed by atoms with Gasteiger partial charge in [-0.1, -0.05) is 104 Å². The van der Waals surface area contributed by atoms with Crippen LogP contribution in [0.4, 0.5) is 0 Å². The lowest BCUT2D eigenvalue weighted by atomic mass is 10.1. The number of aliphatic hydroxyl groups excluding tert-OH is 2. The summed E-state index contributed by atoms with van der Waals surface area (Å²) in [5.74, 6) is -0.326. The fourth-order valence-electron chi connectivity index (χ4n) is 5.35. The molecule has 1 unspecified atom stereocenters. The van der Waals surface area contributed by atoms with Crippen molar-refractivity contribution in [2.75, 3.05) is 6.61 Å². The number of hydrogen-bond donors (Lipinski definition) is 4. The highest BCUT2D eigenvalue weighted by molar-refractivity contribution is 7.52. The van der Waals surface area contributed by atoms with Crippen LogP contribution in [0.15, 0.2) is 116 Å². The molecule has 254 valence electrons. The van der Waals surface area contributed by atoms with Gasteiger partial charge in [0.05, 0.1) is 12.3 Å². The highest BCUT2D eigenvalue weighted by Crippen LogP contribution is 2.48. The molecule has 1 aromatic heterocycles. The van der Waals surface area contributed by atoms with Crippen LogP contribution in [0.2, 0.25) is 0 Å². The fourth-order valence-corrected chi connectivity index (χ4v) is 6.87. The van der Waals surface area contributed by atoms with Gasteiger partial charge in [-0.15, -0.1) is 5.10 Å². The van der Waals surface area contributed by atoms with Gasteiger partial charge in [0.2, 0.25) is 0 Å². The Labute approximate surface area is 282 Å². The van der Waals surface area contributed by atoms with Gasteiger partial charge in [0.1, 0.15) is 43.0 Å². The van der Waals surface area contributed by atoms with Gasteiger partial charge in [-0.3, -0.25) is 9.32 Å². The molecule has 49 heavy (non-hydrogen) atoms. The summed E-state index contributed by atoms with van der Waals surface area (Å²) < 4.78 is 39.6. The maximum absolute atomic E-state index is 14.8. The first kappa shape index (κ1) is 34.0. The van der Waals surface area contributed by atoms with E-state index in [2.05, 4.69) is 21.7 Å². The lowest BCUT2D eigenvalue weighted by molar-refractivity contribution is -0.147. The second-order valence-electron chi connectivity index (χ2n) is 11.4. The third-order valence-corrected chi connectivity index (χ3v) is 9.43. The van der Waals surface area contributed by atoms with Crippen molar-refractivity contribution in [1.82, 2.24) is 19.9 Å². The zero-order valence-corrected chi connectivity index (χ0v) is 27.2. The van der Waals surface area contributed by atoms with E-state index in [0.717, 1.165) is 16.5 Å². The number of carbonyl (C=O) groups excluding carboxylic acids is 1. The summed E-state index contributed by atoms with van der Waals surface area (Å²) in [7, 11) is -4.47. The number of carbonyl (C=O) groups is 1. The molecular formula is C35H36N5O8P. The summed E-state index contributed by atoms with van der Waals surface area (Å²) in [6.45, 7) is 3.08. The predicted molar refractivity (Wildman–Crippen MR) is 181 cm³/mol. The van der Waals surface area contributed by atoms with Gasteiger partial charge in [0, 0.05) is 5.39 Å². The normalized spacial score (nSPS) is 20.8. The van der Waals surface area contributed by atoms with Gasteiger partial charge in [-0.2, -0.15) is 5.09 Å². The molecule has 5 aromatic rings. The summed E-state index contributed by atoms with van der Waals surface area (Å²) in [4.78, 5) is 17.6. The monoisotopic (exact) mass is 685 g/mol.